The molecule has 4 unspecified atom stereocenters. The van der Waals surface area contributed by atoms with Crippen molar-refractivity contribution in [3.05, 3.63) is 35.9 Å². The smallest absolute Gasteiger partial charge is 0.326 e. The number of aliphatic carboxylic acids is 1. The largest absolute Gasteiger partial charge is 0.480 e. The Labute approximate surface area is 335 Å². The summed E-state index contributed by atoms with van der Waals surface area (Å²) >= 11 is 0. The summed E-state index contributed by atoms with van der Waals surface area (Å²) in [7, 11) is 6.65. The minimum absolute atomic E-state index is 0.000882. The Balaban J connectivity index is 2.28. The summed E-state index contributed by atoms with van der Waals surface area (Å²) in [5.41, 5.74) is 6.51. The molecule has 1 fully saturated rings. The maximum Gasteiger partial charge on any atom is 0.326 e. The van der Waals surface area contributed by atoms with Crippen molar-refractivity contribution in [3.63, 3.8) is 0 Å². The van der Waals surface area contributed by atoms with Crippen molar-refractivity contribution < 1.29 is 38.6 Å². The molecule has 9 atom stereocenters. The molecule has 1 aliphatic rings. The highest BCUT2D eigenvalue weighted by atomic mass is 16.5. The molecule has 56 heavy (non-hydrogen) atoms. The quantitative estimate of drug-likeness (QED) is 0.121. The minimum atomic E-state index is -1.14. The molecular weight excluding hydrogens is 716 g/mol. The van der Waals surface area contributed by atoms with Gasteiger partial charge in [0.2, 0.25) is 23.6 Å². The molecule has 14 nitrogen and oxygen atoms in total. The van der Waals surface area contributed by atoms with Crippen molar-refractivity contribution in [1.29, 1.82) is 0 Å². The number of methoxy groups -OCH3 is 2. The van der Waals surface area contributed by atoms with E-state index in [1.54, 1.807) is 23.8 Å². The lowest BCUT2D eigenvalue weighted by Crippen LogP contribution is -2.60. The molecule has 318 valence electrons. The number of carboxylic acid groups (broad SMARTS) is 1. The molecule has 0 saturated carbocycles. The molecule has 0 radical (unpaired) electrons. The summed E-state index contributed by atoms with van der Waals surface area (Å²) in [6.45, 7) is 15.1. The zero-order valence-electron chi connectivity index (χ0n) is 35.8. The Bertz CT molecular complexity index is 1400. The second-order valence-electron chi connectivity index (χ2n) is 16.2. The number of carboxylic acids is 1. The first-order chi connectivity index (χ1) is 26.4. The van der Waals surface area contributed by atoms with Crippen LogP contribution < -0.4 is 16.4 Å². The molecule has 4 amide bonds. The summed E-state index contributed by atoms with van der Waals surface area (Å²) in [4.78, 5) is 73.3. The van der Waals surface area contributed by atoms with Crippen LogP contribution in [0.5, 0.6) is 0 Å². The molecule has 1 heterocycles. The Morgan fingerprint density at radius 2 is 1.59 bits per heavy atom. The Morgan fingerprint density at radius 3 is 2.11 bits per heavy atom. The van der Waals surface area contributed by atoms with Crippen LogP contribution in [0.15, 0.2) is 30.3 Å². The number of nitrogens with zero attached hydrogens (tertiary/aromatic N) is 3. The summed E-state index contributed by atoms with van der Waals surface area (Å²) in [6.07, 6.45) is 1.51. The van der Waals surface area contributed by atoms with Gasteiger partial charge < -0.3 is 40.7 Å². The van der Waals surface area contributed by atoms with E-state index in [4.69, 9.17) is 15.2 Å². The molecule has 0 aromatic heterocycles. The first-order valence-corrected chi connectivity index (χ1v) is 20.3. The van der Waals surface area contributed by atoms with Crippen molar-refractivity contribution in [1.82, 2.24) is 25.3 Å². The molecule has 0 bridgehead atoms. The van der Waals surface area contributed by atoms with E-state index in [1.165, 1.54) is 14.2 Å². The Hall–Kier alpha value is -3.59. The number of nitrogens with one attached hydrogen (secondary N) is 2. The number of amides is 4. The van der Waals surface area contributed by atoms with Gasteiger partial charge in [0, 0.05) is 34.2 Å². The fourth-order valence-electron chi connectivity index (χ4n) is 8.12. The van der Waals surface area contributed by atoms with Gasteiger partial charge in [0.15, 0.2) is 0 Å². The Kier molecular flexibility index (Phi) is 20.5. The van der Waals surface area contributed by atoms with Gasteiger partial charge in [-0.25, -0.2) is 4.79 Å². The topological polar surface area (TPSA) is 184 Å². The van der Waals surface area contributed by atoms with Crippen LogP contribution in [-0.4, -0.2) is 140 Å². The van der Waals surface area contributed by atoms with Gasteiger partial charge in [-0.15, -0.1) is 0 Å². The molecule has 0 spiro atoms. The van der Waals surface area contributed by atoms with E-state index in [0.717, 1.165) is 12.0 Å². The van der Waals surface area contributed by atoms with E-state index in [1.807, 2.05) is 83.8 Å². The molecule has 1 aliphatic heterocycles. The maximum absolute atomic E-state index is 14.4. The van der Waals surface area contributed by atoms with E-state index in [2.05, 4.69) is 10.6 Å². The van der Waals surface area contributed by atoms with Gasteiger partial charge in [0.1, 0.15) is 12.1 Å². The minimum Gasteiger partial charge on any atom is -0.480 e. The first kappa shape index (κ1) is 48.6. The van der Waals surface area contributed by atoms with Gasteiger partial charge >= 0.3 is 5.97 Å². The van der Waals surface area contributed by atoms with Crippen LogP contribution >= 0.6 is 0 Å². The lowest BCUT2D eigenvalue weighted by atomic mass is 9.89. The average molecular weight is 789 g/mol. The van der Waals surface area contributed by atoms with Crippen molar-refractivity contribution >= 4 is 29.6 Å². The van der Waals surface area contributed by atoms with Crippen LogP contribution in [0.1, 0.15) is 86.1 Å². The van der Waals surface area contributed by atoms with Gasteiger partial charge in [-0.2, -0.15) is 0 Å². The van der Waals surface area contributed by atoms with Gasteiger partial charge in [-0.1, -0.05) is 85.2 Å². The standard InChI is InChI=1S/C42H72N6O8/c1-12-28(6)37(47(9)41(52)35(26(2)3)45-40(51)36(27(4)5)46(8)22-17-21-43)33(55-10)25-34(49)48-23-16-20-32(48)38(56-11)29(7)39(50)44-31(42(53)54)24-30-18-14-13-15-19-30/h13-15,18-19,26-29,31-33,35-38H,12,16-17,20-25,43H2,1-11H3,(H,44,50)(H,45,51)(H,53,54)/t28-,29+,31?,32?,33+,35?,36?,37-,38+/m0/s1. The van der Waals surface area contributed by atoms with Gasteiger partial charge in [0.25, 0.3) is 0 Å². The first-order valence-electron chi connectivity index (χ1n) is 20.3. The monoisotopic (exact) mass is 789 g/mol. The third-order valence-corrected chi connectivity index (χ3v) is 11.5. The summed E-state index contributed by atoms with van der Waals surface area (Å²) in [5.74, 6) is -3.31. The molecule has 0 aliphatic carbocycles. The number of likely N-dealkylation sites (tertiary alicyclic amines) is 1. The van der Waals surface area contributed by atoms with E-state index >= 15 is 0 Å². The number of benzene rings is 1. The van der Waals surface area contributed by atoms with Gasteiger partial charge in [-0.3, -0.25) is 24.1 Å². The third kappa shape index (κ3) is 13.2. The lowest BCUT2D eigenvalue weighted by Gasteiger charge is -2.41. The highest BCUT2D eigenvalue weighted by molar-refractivity contribution is 5.90. The lowest BCUT2D eigenvalue weighted by molar-refractivity contribution is -0.148. The highest BCUT2D eigenvalue weighted by Gasteiger charge is 2.43. The summed E-state index contributed by atoms with van der Waals surface area (Å²) in [5, 5.41) is 15.6. The van der Waals surface area contributed by atoms with Crippen LogP contribution in [0.4, 0.5) is 0 Å². The molecular formula is C42H72N6O8. The second kappa shape index (κ2) is 23.6. The number of carbonyl (C=O) groups is 5. The number of rotatable bonds is 24. The number of carbonyl (C=O) groups excluding carboxylic acids is 4. The van der Waals surface area contributed by atoms with Crippen LogP contribution in [0.2, 0.25) is 0 Å². The van der Waals surface area contributed by atoms with Gasteiger partial charge in [0.05, 0.1) is 42.7 Å². The average Bonchev–Trinajstić information content (AvgIpc) is 3.65. The van der Waals surface area contributed by atoms with Gasteiger partial charge in [-0.05, 0) is 62.7 Å². The Morgan fingerprint density at radius 1 is 0.946 bits per heavy atom. The molecule has 1 saturated heterocycles. The molecule has 5 N–H and O–H groups in total. The van der Waals surface area contributed by atoms with E-state index in [0.29, 0.717) is 38.9 Å². The molecule has 1 aromatic carbocycles. The number of hydrogen-bond acceptors (Lipinski definition) is 9. The number of ether oxygens (including phenoxy) is 2. The second-order valence-corrected chi connectivity index (χ2v) is 16.2. The fourth-order valence-corrected chi connectivity index (χ4v) is 8.12. The van der Waals surface area contributed by atoms with Crippen LogP contribution in [0, 0.1) is 23.7 Å². The predicted octanol–water partition coefficient (Wildman–Crippen LogP) is 3.16. The molecule has 1 aromatic rings. The maximum atomic E-state index is 14.4. The van der Waals surface area contributed by atoms with Crippen LogP contribution in [0.3, 0.4) is 0 Å². The number of likely N-dealkylation sites (N-methyl/N-ethyl adjacent to an activating group) is 2. The number of nitrogens with two attached hydrogens (primary N) is 1. The van der Waals surface area contributed by atoms with E-state index < -0.39 is 60.2 Å². The van der Waals surface area contributed by atoms with E-state index in [9.17, 15) is 29.1 Å². The number of hydrogen-bond donors (Lipinski definition) is 4. The molecule has 2 rings (SSSR count). The highest BCUT2D eigenvalue weighted by Crippen LogP contribution is 2.30. The fraction of sp³-hybridized carbons (Fsp3) is 0.738. The predicted molar refractivity (Wildman–Crippen MR) is 218 cm³/mol. The van der Waals surface area contributed by atoms with Crippen molar-refractivity contribution in [3.8, 4) is 0 Å². The SMILES string of the molecule is CC[C@H](C)[C@@H]([C@@H](CC(=O)N1CCCC1[C@H](OC)[C@@H](C)C(=O)NC(Cc1ccccc1)C(=O)O)OC)N(C)C(=O)C(NC(=O)C(C(C)C)N(C)CCCN)C(C)C. The zero-order valence-corrected chi connectivity index (χ0v) is 35.8. The summed E-state index contributed by atoms with van der Waals surface area (Å²) in [6, 6.07) is 5.80. The van der Waals surface area contributed by atoms with E-state index in [-0.39, 0.29) is 48.3 Å². The van der Waals surface area contributed by atoms with Crippen molar-refractivity contribution in [2.24, 2.45) is 29.4 Å². The third-order valence-electron chi connectivity index (χ3n) is 11.5. The normalized spacial score (nSPS) is 18.8. The van der Waals surface area contributed by atoms with Crippen LogP contribution in [0.25, 0.3) is 0 Å². The summed E-state index contributed by atoms with van der Waals surface area (Å²) < 4.78 is 11.9. The van der Waals surface area contributed by atoms with Crippen LogP contribution in [-0.2, 0) is 39.9 Å². The van der Waals surface area contributed by atoms with Crippen molar-refractivity contribution in [2.45, 2.75) is 129 Å². The zero-order chi connectivity index (χ0) is 42.3. The van der Waals surface area contributed by atoms with Crippen molar-refractivity contribution in [2.75, 3.05) is 47.9 Å². The molecule has 14 heteroatoms.